The monoisotopic (exact) mass is 260 g/mol. The van der Waals surface area contributed by atoms with E-state index < -0.39 is 0 Å². The van der Waals surface area contributed by atoms with Crippen molar-refractivity contribution in [3.8, 4) is 11.8 Å². The molecule has 6 heteroatoms. The second-order valence-corrected chi connectivity index (χ2v) is 3.76. The second-order valence-electron chi connectivity index (χ2n) is 3.76. The summed E-state index contributed by atoms with van der Waals surface area (Å²) in [4.78, 5) is 26.2. The van der Waals surface area contributed by atoms with Crippen LogP contribution in [0.1, 0.15) is 28.9 Å². The average molecular weight is 260 g/mol. The third-order valence-electron chi connectivity index (χ3n) is 2.22. The van der Waals surface area contributed by atoms with E-state index in [2.05, 4.69) is 22.1 Å². The number of aromatic nitrogens is 1. The average Bonchev–Trinajstić information content (AvgIpc) is 2.41. The van der Waals surface area contributed by atoms with Crippen molar-refractivity contribution in [2.45, 2.75) is 12.8 Å². The van der Waals surface area contributed by atoms with Crippen molar-refractivity contribution in [2.75, 3.05) is 13.1 Å². The lowest BCUT2D eigenvalue weighted by molar-refractivity contribution is -0.118. The number of nitrogens with two attached hydrogens (primary N) is 2. The van der Waals surface area contributed by atoms with Crippen LogP contribution >= 0.6 is 0 Å². The number of amides is 2. The summed E-state index contributed by atoms with van der Waals surface area (Å²) < 4.78 is 0. The molecule has 0 bridgehead atoms. The van der Waals surface area contributed by atoms with Gasteiger partial charge >= 0.3 is 0 Å². The molecule has 19 heavy (non-hydrogen) atoms. The highest BCUT2D eigenvalue weighted by molar-refractivity contribution is 5.92. The maximum Gasteiger partial charge on any atom is 0.269 e. The van der Waals surface area contributed by atoms with Crippen LogP contribution in [0.25, 0.3) is 0 Å². The fraction of sp³-hybridized carbons (Fsp3) is 0.308. The largest absolute Gasteiger partial charge is 0.370 e. The van der Waals surface area contributed by atoms with Crippen LogP contribution in [-0.4, -0.2) is 29.9 Å². The summed E-state index contributed by atoms with van der Waals surface area (Å²) in [5.41, 5.74) is 11.3. The van der Waals surface area contributed by atoms with Crippen LogP contribution in [0.5, 0.6) is 0 Å². The first-order valence-electron chi connectivity index (χ1n) is 5.85. The molecule has 0 radical (unpaired) electrons. The maximum absolute atomic E-state index is 11.7. The predicted octanol–water partition coefficient (Wildman–Crippen LogP) is -0.613. The molecule has 1 aromatic rings. The summed E-state index contributed by atoms with van der Waals surface area (Å²) in [5, 5.41) is 2.65. The number of primary amides is 1. The third kappa shape index (κ3) is 5.66. The van der Waals surface area contributed by atoms with Crippen LogP contribution in [0, 0.1) is 11.8 Å². The molecule has 0 atom stereocenters. The van der Waals surface area contributed by atoms with E-state index in [1.807, 2.05) is 0 Å². The minimum Gasteiger partial charge on any atom is -0.370 e. The minimum atomic E-state index is -0.379. The Morgan fingerprint density at radius 2 is 2.16 bits per heavy atom. The molecule has 0 aliphatic carbocycles. The van der Waals surface area contributed by atoms with E-state index in [0.29, 0.717) is 24.2 Å². The van der Waals surface area contributed by atoms with Gasteiger partial charge < -0.3 is 16.8 Å². The zero-order valence-corrected chi connectivity index (χ0v) is 10.5. The van der Waals surface area contributed by atoms with E-state index >= 15 is 0 Å². The van der Waals surface area contributed by atoms with Crippen LogP contribution in [-0.2, 0) is 4.79 Å². The molecule has 0 fully saturated rings. The molecule has 0 saturated carbocycles. The molecule has 0 spiro atoms. The van der Waals surface area contributed by atoms with Crippen molar-refractivity contribution >= 4 is 11.8 Å². The zero-order chi connectivity index (χ0) is 14.1. The Balaban J connectivity index is 2.46. The quantitative estimate of drug-likeness (QED) is 0.484. The Kier molecular flexibility index (Phi) is 6.06. The van der Waals surface area contributed by atoms with Gasteiger partial charge in [-0.2, -0.15) is 0 Å². The molecule has 0 aliphatic rings. The highest BCUT2D eigenvalue weighted by Gasteiger charge is 2.06. The van der Waals surface area contributed by atoms with Crippen molar-refractivity contribution < 1.29 is 9.59 Å². The Hall–Kier alpha value is -2.39. The molecule has 1 heterocycles. The number of nitrogens with zero attached hydrogens (tertiary/aromatic N) is 1. The number of carbonyl (C=O) groups is 2. The predicted molar refractivity (Wildman–Crippen MR) is 70.9 cm³/mol. The number of pyridine rings is 1. The normalized spacial score (nSPS) is 9.32. The van der Waals surface area contributed by atoms with Crippen LogP contribution in [0.15, 0.2) is 18.3 Å². The molecular weight excluding hydrogens is 244 g/mol. The van der Waals surface area contributed by atoms with E-state index in [0.717, 1.165) is 0 Å². The van der Waals surface area contributed by atoms with Crippen molar-refractivity contribution in [3.05, 3.63) is 29.6 Å². The van der Waals surface area contributed by atoms with Gasteiger partial charge in [-0.1, -0.05) is 11.8 Å². The van der Waals surface area contributed by atoms with Crippen molar-refractivity contribution in [1.82, 2.24) is 10.3 Å². The van der Waals surface area contributed by atoms with Gasteiger partial charge in [-0.15, -0.1) is 0 Å². The van der Waals surface area contributed by atoms with Gasteiger partial charge in [-0.25, -0.2) is 4.98 Å². The van der Waals surface area contributed by atoms with Gasteiger partial charge in [0.15, 0.2) is 0 Å². The van der Waals surface area contributed by atoms with Crippen molar-refractivity contribution in [3.63, 3.8) is 0 Å². The fourth-order valence-electron chi connectivity index (χ4n) is 1.31. The minimum absolute atomic E-state index is 0.251. The molecule has 1 rings (SSSR count). The summed E-state index contributed by atoms with van der Waals surface area (Å²) in [7, 11) is 0. The highest BCUT2D eigenvalue weighted by Crippen LogP contribution is 1.99. The van der Waals surface area contributed by atoms with Gasteiger partial charge in [0.05, 0.1) is 6.54 Å². The van der Waals surface area contributed by atoms with Crippen LogP contribution in [0.4, 0.5) is 0 Å². The molecule has 2 amide bonds. The lowest BCUT2D eigenvalue weighted by atomic mass is 10.2. The summed E-state index contributed by atoms with van der Waals surface area (Å²) in [6.45, 7) is 0.667. The van der Waals surface area contributed by atoms with Crippen molar-refractivity contribution in [2.24, 2.45) is 11.5 Å². The lowest BCUT2D eigenvalue weighted by Crippen LogP contribution is -2.26. The van der Waals surface area contributed by atoms with Crippen molar-refractivity contribution in [1.29, 1.82) is 0 Å². The van der Waals surface area contributed by atoms with Crippen LogP contribution in [0.2, 0.25) is 0 Å². The molecule has 1 aromatic heterocycles. The zero-order valence-electron chi connectivity index (χ0n) is 10.5. The molecule has 100 valence electrons. The first-order valence-corrected chi connectivity index (χ1v) is 5.85. The summed E-state index contributed by atoms with van der Waals surface area (Å²) >= 11 is 0. The van der Waals surface area contributed by atoms with Gasteiger partial charge in [0.25, 0.3) is 5.91 Å². The number of carbonyl (C=O) groups excluding carboxylic acids is 2. The number of nitrogens with one attached hydrogen (secondary N) is 1. The third-order valence-corrected chi connectivity index (χ3v) is 2.22. The summed E-state index contributed by atoms with van der Waals surface area (Å²) in [6, 6.07) is 3.29. The number of rotatable bonds is 5. The molecular formula is C13H16N4O2. The van der Waals surface area contributed by atoms with E-state index in [-0.39, 0.29) is 24.8 Å². The Labute approximate surface area is 111 Å². The molecule has 5 N–H and O–H groups in total. The first-order chi connectivity index (χ1) is 9.13. The maximum atomic E-state index is 11.7. The molecule has 6 nitrogen and oxygen atoms in total. The smallest absolute Gasteiger partial charge is 0.269 e. The number of hydrogen-bond acceptors (Lipinski definition) is 4. The van der Waals surface area contributed by atoms with E-state index in [4.69, 9.17) is 11.5 Å². The topological polar surface area (TPSA) is 111 Å². The lowest BCUT2D eigenvalue weighted by Gasteiger charge is -2.03. The molecule has 0 aliphatic heterocycles. The van der Waals surface area contributed by atoms with Gasteiger partial charge in [-0.3, -0.25) is 9.59 Å². The Morgan fingerprint density at radius 1 is 1.37 bits per heavy atom. The Bertz CT molecular complexity index is 500. The second kappa shape index (κ2) is 7.84. The van der Waals surface area contributed by atoms with E-state index in [1.54, 1.807) is 12.1 Å². The standard InChI is InChI=1S/C13H16N4O2/c14-7-1-3-10-5-6-11(17-9-10)13(19)16-8-2-4-12(15)18/h5-6,9H,2,4,7-8,14H2,(H2,15,18)(H,16,19). The first kappa shape index (κ1) is 14.7. The molecule has 0 saturated heterocycles. The van der Waals surface area contributed by atoms with E-state index in [1.165, 1.54) is 6.20 Å². The summed E-state index contributed by atoms with van der Waals surface area (Å²) in [5.74, 6) is 4.85. The van der Waals surface area contributed by atoms with E-state index in [9.17, 15) is 9.59 Å². The molecule has 0 aromatic carbocycles. The Morgan fingerprint density at radius 3 is 2.74 bits per heavy atom. The SMILES string of the molecule is NCC#Cc1ccc(C(=O)NCCCC(N)=O)nc1. The van der Waals surface area contributed by atoms with Gasteiger partial charge in [-0.05, 0) is 18.6 Å². The van der Waals surface area contributed by atoms with Gasteiger partial charge in [0.2, 0.25) is 5.91 Å². The number of hydrogen-bond donors (Lipinski definition) is 3. The van der Waals surface area contributed by atoms with Crippen LogP contribution < -0.4 is 16.8 Å². The molecule has 0 unspecified atom stereocenters. The van der Waals surface area contributed by atoms with Gasteiger partial charge in [0.1, 0.15) is 5.69 Å². The highest BCUT2D eigenvalue weighted by atomic mass is 16.2. The van der Waals surface area contributed by atoms with Gasteiger partial charge in [0, 0.05) is 24.7 Å². The fourth-order valence-corrected chi connectivity index (χ4v) is 1.31. The van der Waals surface area contributed by atoms with Crippen LogP contribution in [0.3, 0.4) is 0 Å². The summed E-state index contributed by atoms with van der Waals surface area (Å²) in [6.07, 6.45) is 2.28.